The number of terminal acetylenes is 2. The number of ketones is 1. The van der Waals surface area contributed by atoms with Gasteiger partial charge in [0.15, 0.2) is 0 Å². The first-order valence-electron chi connectivity index (χ1n) is 10.1. The van der Waals surface area contributed by atoms with Crippen LogP contribution in [0.4, 0.5) is 0 Å². The molecule has 0 rings (SSSR count). The fourth-order valence-electron chi connectivity index (χ4n) is 2.53. The Morgan fingerprint density at radius 3 is 2.14 bits per heavy atom. The molecular weight excluding hydrogens is 370 g/mol. The normalized spacial score (nSPS) is 10.9. The monoisotopic (exact) mass is 403 g/mol. The maximum absolute atomic E-state index is 11.9. The van der Waals surface area contributed by atoms with E-state index in [4.69, 9.17) is 12.8 Å². The summed E-state index contributed by atoms with van der Waals surface area (Å²) >= 11 is 0. The number of Topliss-reactive ketones (excluding diaryl/α,β-unsaturated/α-hetero) is 1. The standard InChI is InChI=1S/C22H33N3O4/c1-4-7-12-19(26)14-15-21(28)23-16-10-9-11-18(6-3)25-22(29)17-24-20(27)13-8-5-2/h1-2,18H,6-17H2,3H3,(H,23,28)(H,24,27)(H,25,29)/t18-/m1/s1. The lowest BCUT2D eigenvalue weighted by Gasteiger charge is -2.17. The first-order chi connectivity index (χ1) is 13.9. The molecule has 1 atom stereocenters. The summed E-state index contributed by atoms with van der Waals surface area (Å²) in [7, 11) is 0. The Morgan fingerprint density at radius 2 is 1.48 bits per heavy atom. The van der Waals surface area contributed by atoms with E-state index >= 15 is 0 Å². The quantitative estimate of drug-likeness (QED) is 0.268. The summed E-state index contributed by atoms with van der Waals surface area (Å²) in [4.78, 5) is 46.5. The summed E-state index contributed by atoms with van der Waals surface area (Å²) in [6, 6.07) is 0.0228. The van der Waals surface area contributed by atoms with Crippen molar-refractivity contribution in [2.24, 2.45) is 0 Å². The molecule has 7 nitrogen and oxygen atoms in total. The number of nitrogens with one attached hydrogen (secondary N) is 3. The van der Waals surface area contributed by atoms with E-state index in [9.17, 15) is 19.2 Å². The maximum Gasteiger partial charge on any atom is 0.239 e. The van der Waals surface area contributed by atoms with Crippen LogP contribution in [0.3, 0.4) is 0 Å². The minimum absolute atomic E-state index is 0.00636. The molecule has 0 saturated carbocycles. The Morgan fingerprint density at radius 1 is 0.828 bits per heavy atom. The van der Waals surface area contributed by atoms with E-state index in [0.717, 1.165) is 25.7 Å². The van der Waals surface area contributed by atoms with E-state index in [1.54, 1.807) is 0 Å². The smallest absolute Gasteiger partial charge is 0.239 e. The summed E-state index contributed by atoms with van der Waals surface area (Å²) in [6.07, 6.45) is 15.1. The van der Waals surface area contributed by atoms with Crippen molar-refractivity contribution in [3.8, 4) is 24.7 Å². The van der Waals surface area contributed by atoms with Crippen LogP contribution in [0.25, 0.3) is 0 Å². The Bertz CT molecular complexity index is 617. The number of hydrogen-bond acceptors (Lipinski definition) is 4. The number of carbonyl (C=O) groups is 4. The van der Waals surface area contributed by atoms with Gasteiger partial charge in [0.05, 0.1) is 6.54 Å². The zero-order chi connectivity index (χ0) is 21.9. The highest BCUT2D eigenvalue weighted by molar-refractivity contribution is 5.85. The number of amides is 3. The third kappa shape index (κ3) is 15.9. The van der Waals surface area contributed by atoms with Crippen molar-refractivity contribution in [2.75, 3.05) is 13.1 Å². The summed E-state index contributed by atoms with van der Waals surface area (Å²) in [5.41, 5.74) is 0. The van der Waals surface area contributed by atoms with Crippen LogP contribution in [0.5, 0.6) is 0 Å². The average molecular weight is 404 g/mol. The van der Waals surface area contributed by atoms with Crippen molar-refractivity contribution >= 4 is 23.5 Å². The van der Waals surface area contributed by atoms with Gasteiger partial charge in [-0.05, 0) is 25.7 Å². The maximum atomic E-state index is 11.9. The van der Waals surface area contributed by atoms with Gasteiger partial charge in [0.2, 0.25) is 17.7 Å². The average Bonchev–Trinajstić information content (AvgIpc) is 2.71. The lowest BCUT2D eigenvalue weighted by Crippen LogP contribution is -2.41. The molecule has 7 heteroatoms. The Labute approximate surface area is 174 Å². The van der Waals surface area contributed by atoms with E-state index in [0.29, 0.717) is 25.8 Å². The van der Waals surface area contributed by atoms with Crippen LogP contribution in [0.2, 0.25) is 0 Å². The highest BCUT2D eigenvalue weighted by Gasteiger charge is 2.11. The van der Waals surface area contributed by atoms with Gasteiger partial charge in [0.25, 0.3) is 0 Å². The molecule has 0 radical (unpaired) electrons. The molecule has 3 amide bonds. The highest BCUT2D eigenvalue weighted by Crippen LogP contribution is 2.04. The van der Waals surface area contributed by atoms with E-state index in [-0.39, 0.29) is 55.4 Å². The van der Waals surface area contributed by atoms with Gasteiger partial charge in [-0.1, -0.05) is 6.92 Å². The first-order valence-corrected chi connectivity index (χ1v) is 10.1. The van der Waals surface area contributed by atoms with Gasteiger partial charge in [-0.3, -0.25) is 19.2 Å². The molecule has 3 N–H and O–H groups in total. The van der Waals surface area contributed by atoms with Crippen LogP contribution >= 0.6 is 0 Å². The summed E-state index contributed by atoms with van der Waals surface area (Å²) in [5, 5.41) is 8.23. The van der Waals surface area contributed by atoms with Crippen molar-refractivity contribution in [1.82, 2.24) is 16.0 Å². The van der Waals surface area contributed by atoms with Crippen molar-refractivity contribution in [2.45, 2.75) is 77.2 Å². The second kappa shape index (κ2) is 17.3. The fraction of sp³-hybridized carbons (Fsp3) is 0.636. The summed E-state index contributed by atoms with van der Waals surface area (Å²) in [5.74, 6) is 4.19. The van der Waals surface area contributed by atoms with Crippen molar-refractivity contribution in [1.29, 1.82) is 0 Å². The van der Waals surface area contributed by atoms with Crippen LogP contribution in [0, 0.1) is 24.7 Å². The number of hydrogen-bond donors (Lipinski definition) is 3. The van der Waals surface area contributed by atoms with Crippen LogP contribution < -0.4 is 16.0 Å². The van der Waals surface area contributed by atoms with Crippen LogP contribution in [0.15, 0.2) is 0 Å². The summed E-state index contributed by atoms with van der Waals surface area (Å²) < 4.78 is 0. The molecule has 0 aromatic rings. The van der Waals surface area contributed by atoms with Gasteiger partial charge < -0.3 is 16.0 Å². The lowest BCUT2D eigenvalue weighted by atomic mass is 10.1. The second-order valence-electron chi connectivity index (χ2n) is 6.74. The molecule has 0 aromatic carbocycles. The minimum Gasteiger partial charge on any atom is -0.356 e. The fourth-order valence-corrected chi connectivity index (χ4v) is 2.53. The lowest BCUT2D eigenvalue weighted by molar-refractivity contribution is -0.126. The first kappa shape index (κ1) is 26.2. The molecule has 0 fully saturated rings. The third-order valence-corrected chi connectivity index (χ3v) is 4.28. The SMILES string of the molecule is C#CCCC(=O)CCC(=O)NCCCC[C@@H](CC)NC(=O)CNC(=O)CCC#C. The molecule has 0 aliphatic heterocycles. The van der Waals surface area contributed by atoms with E-state index < -0.39 is 0 Å². The Kier molecular flexibility index (Phi) is 15.6. The Balaban J connectivity index is 3.84. The zero-order valence-electron chi connectivity index (χ0n) is 17.4. The van der Waals surface area contributed by atoms with Gasteiger partial charge >= 0.3 is 0 Å². The predicted octanol–water partition coefficient (Wildman–Crippen LogP) is 1.46. The topological polar surface area (TPSA) is 104 Å². The number of carbonyl (C=O) groups excluding carboxylic acids is 4. The van der Waals surface area contributed by atoms with E-state index in [1.165, 1.54) is 0 Å². The highest BCUT2D eigenvalue weighted by atomic mass is 16.2. The number of unbranched alkanes of at least 4 members (excludes halogenated alkanes) is 1. The number of rotatable bonds is 16. The van der Waals surface area contributed by atoms with Crippen molar-refractivity contribution < 1.29 is 19.2 Å². The van der Waals surface area contributed by atoms with Gasteiger partial charge in [-0.15, -0.1) is 24.7 Å². The van der Waals surface area contributed by atoms with Gasteiger partial charge in [0, 0.05) is 51.1 Å². The molecule has 0 bridgehead atoms. The molecule has 0 aliphatic carbocycles. The van der Waals surface area contributed by atoms with Gasteiger partial charge in [-0.25, -0.2) is 0 Å². The van der Waals surface area contributed by atoms with E-state index in [2.05, 4.69) is 27.8 Å². The van der Waals surface area contributed by atoms with Crippen LogP contribution in [-0.2, 0) is 19.2 Å². The van der Waals surface area contributed by atoms with Crippen molar-refractivity contribution in [3.63, 3.8) is 0 Å². The van der Waals surface area contributed by atoms with Gasteiger partial charge in [0.1, 0.15) is 5.78 Å². The van der Waals surface area contributed by atoms with Crippen molar-refractivity contribution in [3.05, 3.63) is 0 Å². The molecule has 0 heterocycles. The second-order valence-corrected chi connectivity index (χ2v) is 6.74. The Hall–Kier alpha value is -2.80. The largest absolute Gasteiger partial charge is 0.356 e. The van der Waals surface area contributed by atoms with Crippen LogP contribution in [-0.4, -0.2) is 42.6 Å². The molecular formula is C22H33N3O4. The molecule has 0 unspecified atom stereocenters. The minimum atomic E-state index is -0.236. The zero-order valence-corrected chi connectivity index (χ0v) is 17.4. The molecule has 0 aromatic heterocycles. The summed E-state index contributed by atoms with van der Waals surface area (Å²) in [6.45, 7) is 2.46. The molecule has 0 aliphatic rings. The molecule has 0 spiro atoms. The van der Waals surface area contributed by atoms with Gasteiger partial charge in [-0.2, -0.15) is 0 Å². The molecule has 160 valence electrons. The predicted molar refractivity (Wildman–Crippen MR) is 112 cm³/mol. The van der Waals surface area contributed by atoms with E-state index in [1.807, 2.05) is 6.92 Å². The molecule has 29 heavy (non-hydrogen) atoms. The third-order valence-electron chi connectivity index (χ3n) is 4.28. The molecule has 0 saturated heterocycles. The van der Waals surface area contributed by atoms with Crippen LogP contribution in [0.1, 0.15) is 71.1 Å².